The van der Waals surface area contributed by atoms with Crippen molar-refractivity contribution in [1.29, 1.82) is 0 Å². The fraction of sp³-hybridized carbons (Fsp3) is 0.857. The van der Waals surface area contributed by atoms with Gasteiger partial charge in [-0.05, 0) is 12.8 Å². The molecule has 52 valence electrons. The molecule has 1 unspecified atom stereocenters. The van der Waals surface area contributed by atoms with E-state index in [2.05, 4.69) is 18.8 Å². The summed E-state index contributed by atoms with van der Waals surface area (Å²) >= 11 is 0. The van der Waals surface area contributed by atoms with Crippen LogP contribution in [0.4, 0.5) is 0 Å². The van der Waals surface area contributed by atoms with Crippen molar-refractivity contribution >= 4 is 5.71 Å². The van der Waals surface area contributed by atoms with Crippen LogP contribution in [0.2, 0.25) is 0 Å². The van der Waals surface area contributed by atoms with E-state index in [-0.39, 0.29) is 0 Å². The molecule has 0 amide bonds. The van der Waals surface area contributed by atoms with E-state index < -0.39 is 0 Å². The zero-order valence-corrected chi connectivity index (χ0v) is 6.05. The maximum absolute atomic E-state index is 5.30. The number of hydrogen-bond donors (Lipinski definition) is 0. The number of hydrogen-bond acceptors (Lipinski definition) is 2. The van der Waals surface area contributed by atoms with E-state index in [9.17, 15) is 0 Å². The molecule has 0 aromatic rings. The second kappa shape index (κ2) is 2.97. The minimum absolute atomic E-state index is 0.329. The minimum Gasteiger partial charge on any atom is -0.350 e. The fourth-order valence-electron chi connectivity index (χ4n) is 1.10. The largest absolute Gasteiger partial charge is 0.350 e. The van der Waals surface area contributed by atoms with Crippen molar-refractivity contribution in [3.8, 4) is 0 Å². The van der Waals surface area contributed by atoms with E-state index in [1.165, 1.54) is 5.71 Å². The maximum atomic E-state index is 5.30. The maximum Gasteiger partial charge on any atom is 0.138 e. The van der Waals surface area contributed by atoms with E-state index in [0.717, 1.165) is 12.8 Å². The third-order valence-corrected chi connectivity index (χ3v) is 1.65. The van der Waals surface area contributed by atoms with E-state index in [1.54, 1.807) is 0 Å². The smallest absolute Gasteiger partial charge is 0.138 e. The van der Waals surface area contributed by atoms with Gasteiger partial charge in [-0.2, -0.15) is 0 Å². The van der Waals surface area contributed by atoms with Gasteiger partial charge in [0.05, 0.1) is 6.10 Å². The predicted octanol–water partition coefficient (Wildman–Crippen LogP) is 1.60. The third-order valence-electron chi connectivity index (χ3n) is 1.65. The van der Waals surface area contributed by atoms with Crippen molar-refractivity contribution in [2.45, 2.75) is 32.8 Å². The summed E-state index contributed by atoms with van der Waals surface area (Å²) in [5, 5.41) is 0. The molecule has 9 heavy (non-hydrogen) atoms. The van der Waals surface area contributed by atoms with Crippen LogP contribution in [0.1, 0.15) is 26.7 Å². The van der Waals surface area contributed by atoms with Crippen molar-refractivity contribution < 1.29 is 4.74 Å². The molecule has 0 radical (unpaired) electrons. The molecular weight excluding hydrogens is 114 g/mol. The summed E-state index contributed by atoms with van der Waals surface area (Å²) in [6.45, 7) is 4.83. The zero-order valence-electron chi connectivity index (χ0n) is 6.05. The van der Waals surface area contributed by atoms with Crippen LogP contribution in [-0.4, -0.2) is 18.5 Å². The fourth-order valence-corrected chi connectivity index (χ4v) is 1.10. The minimum atomic E-state index is 0.329. The molecule has 0 saturated carbocycles. The lowest BCUT2D eigenvalue weighted by Crippen LogP contribution is -2.15. The molecular formula is C7H13NO. The monoisotopic (exact) mass is 127 g/mol. The number of rotatable bonds is 2. The normalized spacial score (nSPS) is 26.4. The Labute approximate surface area is 55.9 Å². The Kier molecular flexibility index (Phi) is 2.22. The quantitative estimate of drug-likeness (QED) is 0.552. The van der Waals surface area contributed by atoms with Crippen molar-refractivity contribution in [3.05, 3.63) is 0 Å². The highest BCUT2D eigenvalue weighted by atomic mass is 16.5. The van der Waals surface area contributed by atoms with Gasteiger partial charge in [-0.3, -0.25) is 4.99 Å². The molecule has 0 aromatic heterocycles. The SMILES string of the molecule is CCC1=NCOC1CC. The molecule has 1 rings (SSSR count). The van der Waals surface area contributed by atoms with Gasteiger partial charge >= 0.3 is 0 Å². The molecule has 0 N–H and O–H groups in total. The Morgan fingerprint density at radius 2 is 2.44 bits per heavy atom. The lowest BCUT2D eigenvalue weighted by atomic mass is 10.1. The Morgan fingerprint density at radius 1 is 1.67 bits per heavy atom. The van der Waals surface area contributed by atoms with Gasteiger partial charge in [0.25, 0.3) is 0 Å². The third kappa shape index (κ3) is 1.30. The number of aliphatic imine (C=N–C) groups is 1. The van der Waals surface area contributed by atoms with Crippen LogP contribution >= 0.6 is 0 Å². The average Bonchev–Trinajstić information content (AvgIpc) is 2.33. The van der Waals surface area contributed by atoms with E-state index in [0.29, 0.717) is 12.8 Å². The van der Waals surface area contributed by atoms with Crippen LogP contribution in [0, 0.1) is 0 Å². The van der Waals surface area contributed by atoms with E-state index in [1.807, 2.05) is 0 Å². The van der Waals surface area contributed by atoms with Crippen LogP contribution < -0.4 is 0 Å². The van der Waals surface area contributed by atoms with Crippen LogP contribution in [0.15, 0.2) is 4.99 Å². The van der Waals surface area contributed by atoms with Gasteiger partial charge < -0.3 is 4.74 Å². The Balaban J connectivity index is 2.47. The van der Waals surface area contributed by atoms with Crippen molar-refractivity contribution in [2.75, 3.05) is 6.73 Å². The molecule has 0 spiro atoms. The molecule has 1 aliphatic heterocycles. The topological polar surface area (TPSA) is 21.6 Å². The van der Waals surface area contributed by atoms with E-state index >= 15 is 0 Å². The summed E-state index contributed by atoms with van der Waals surface area (Å²) in [5.41, 5.74) is 1.23. The molecule has 0 bridgehead atoms. The van der Waals surface area contributed by atoms with Crippen molar-refractivity contribution in [2.24, 2.45) is 4.99 Å². The standard InChI is InChI=1S/C7H13NO/c1-3-6-7(4-2)9-5-8-6/h7H,3-5H2,1-2H3. The van der Waals surface area contributed by atoms with E-state index in [4.69, 9.17) is 4.74 Å². The first-order valence-corrected chi connectivity index (χ1v) is 3.53. The Hall–Kier alpha value is -0.370. The van der Waals surface area contributed by atoms with Gasteiger partial charge in [-0.15, -0.1) is 0 Å². The first kappa shape index (κ1) is 6.75. The van der Waals surface area contributed by atoms with Gasteiger partial charge in [-0.25, -0.2) is 0 Å². The predicted molar refractivity (Wildman–Crippen MR) is 37.8 cm³/mol. The molecule has 1 atom stereocenters. The molecule has 0 fully saturated rings. The summed E-state index contributed by atoms with van der Waals surface area (Å²) in [5.74, 6) is 0. The second-order valence-electron chi connectivity index (χ2n) is 2.20. The van der Waals surface area contributed by atoms with Gasteiger partial charge in [0.2, 0.25) is 0 Å². The molecule has 0 aromatic carbocycles. The lowest BCUT2D eigenvalue weighted by Gasteiger charge is -2.06. The summed E-state index contributed by atoms with van der Waals surface area (Å²) in [6, 6.07) is 0. The highest BCUT2D eigenvalue weighted by Crippen LogP contribution is 2.10. The summed E-state index contributed by atoms with van der Waals surface area (Å²) in [4.78, 5) is 4.20. The summed E-state index contributed by atoms with van der Waals surface area (Å²) < 4.78 is 5.30. The second-order valence-corrected chi connectivity index (χ2v) is 2.20. The van der Waals surface area contributed by atoms with Crippen molar-refractivity contribution in [3.63, 3.8) is 0 Å². The van der Waals surface area contributed by atoms with Gasteiger partial charge in [0.1, 0.15) is 6.73 Å². The van der Waals surface area contributed by atoms with Crippen LogP contribution in [0.5, 0.6) is 0 Å². The molecule has 0 aliphatic carbocycles. The first-order chi connectivity index (χ1) is 4.38. The van der Waals surface area contributed by atoms with Gasteiger partial charge in [0, 0.05) is 5.71 Å². The summed E-state index contributed by atoms with van der Waals surface area (Å²) in [6.07, 6.45) is 2.43. The zero-order chi connectivity index (χ0) is 6.69. The van der Waals surface area contributed by atoms with Gasteiger partial charge in [-0.1, -0.05) is 13.8 Å². The first-order valence-electron chi connectivity index (χ1n) is 3.53. The number of ether oxygens (including phenoxy) is 1. The summed E-state index contributed by atoms with van der Waals surface area (Å²) in [7, 11) is 0. The molecule has 2 nitrogen and oxygen atoms in total. The van der Waals surface area contributed by atoms with Crippen LogP contribution in [0.3, 0.4) is 0 Å². The van der Waals surface area contributed by atoms with Crippen molar-refractivity contribution in [1.82, 2.24) is 0 Å². The highest BCUT2D eigenvalue weighted by molar-refractivity contribution is 5.89. The van der Waals surface area contributed by atoms with Gasteiger partial charge in [0.15, 0.2) is 0 Å². The Morgan fingerprint density at radius 3 is 2.89 bits per heavy atom. The number of nitrogens with zero attached hydrogens (tertiary/aromatic N) is 1. The average molecular weight is 127 g/mol. The Bertz CT molecular complexity index is 120. The van der Waals surface area contributed by atoms with Crippen LogP contribution in [0.25, 0.3) is 0 Å². The molecule has 0 saturated heterocycles. The molecule has 1 aliphatic rings. The lowest BCUT2D eigenvalue weighted by molar-refractivity contribution is 0.123. The highest BCUT2D eigenvalue weighted by Gasteiger charge is 2.16. The molecule has 1 heterocycles. The molecule has 2 heteroatoms. The van der Waals surface area contributed by atoms with Crippen LogP contribution in [-0.2, 0) is 4.74 Å².